The molecule has 0 atom stereocenters. The van der Waals surface area contributed by atoms with Crippen LogP contribution in [0.5, 0.6) is 0 Å². The Kier molecular flexibility index (Phi) is 24.0. The summed E-state index contributed by atoms with van der Waals surface area (Å²) < 4.78 is 0. The normalized spacial score (nSPS) is 5.50. The van der Waals surface area contributed by atoms with Crippen LogP contribution in [0.3, 0.4) is 0 Å². The molecule has 0 rings (SSSR count). The van der Waals surface area contributed by atoms with Gasteiger partial charge in [0.2, 0.25) is 0 Å². The second-order valence-electron chi connectivity index (χ2n) is 0.143. The van der Waals surface area contributed by atoms with Crippen LogP contribution in [-0.4, -0.2) is 4.93 Å². The zero-order valence-electron chi connectivity index (χ0n) is 2.76. The van der Waals surface area contributed by atoms with E-state index in [1.54, 1.807) is 0 Å². The molecule has 0 aromatic carbocycles. The van der Waals surface area contributed by atoms with Crippen molar-refractivity contribution in [3.05, 3.63) is 0 Å². The van der Waals surface area contributed by atoms with Crippen molar-refractivity contribution in [3.63, 3.8) is 0 Å². The largest absolute Gasteiger partial charge is 1.00 e. The van der Waals surface area contributed by atoms with Crippen LogP contribution in [0.1, 0.15) is 0 Å². The number of hydrogen-bond acceptors (Lipinski definition) is 0. The Morgan fingerprint density at radius 3 is 1.75 bits per heavy atom. The van der Waals surface area contributed by atoms with E-state index in [0.29, 0.717) is 17.2 Å². The van der Waals surface area contributed by atoms with Crippen molar-refractivity contribution < 1.29 is 68.6 Å². The maximum absolute atomic E-state index is 2.40. The summed E-state index contributed by atoms with van der Waals surface area (Å²) in [6, 6.07) is 0. The van der Waals surface area contributed by atoms with E-state index in [-0.39, 0.29) is 51.4 Å². The fourth-order valence-electron chi connectivity index (χ4n) is 0. The van der Waals surface area contributed by atoms with Crippen molar-refractivity contribution in [2.75, 3.05) is 4.93 Å². The topological polar surface area (TPSA) is 0 Å². The maximum atomic E-state index is 2.40. The van der Waals surface area contributed by atoms with Crippen molar-refractivity contribution in [1.82, 2.24) is 0 Å². The minimum atomic E-state index is 0. The second kappa shape index (κ2) is 9.44. The zero-order chi connectivity index (χ0) is 2.71. The van der Waals surface area contributed by atoms with E-state index in [1.807, 2.05) is 0 Å². The third-order valence-corrected chi connectivity index (χ3v) is 0. The van der Waals surface area contributed by atoms with Crippen molar-refractivity contribution in [3.8, 4) is 0 Å². The molecule has 0 radical (unpaired) electrons. The molecule has 0 saturated carbocycles. The van der Waals surface area contributed by atoms with Gasteiger partial charge in [0, 0.05) is 0 Å². The summed E-state index contributed by atoms with van der Waals surface area (Å²) in [5.74, 6) is 0. The van der Waals surface area contributed by atoms with Gasteiger partial charge in [-0.3, -0.25) is 0 Å². The van der Waals surface area contributed by atoms with E-state index >= 15 is 0 Å². The third kappa shape index (κ3) is 8.92. The first-order valence-electron chi connectivity index (χ1n) is 0.521. The number of halogens is 2. The Bertz CT molecular complexity index is 6.00. The summed E-state index contributed by atoms with van der Waals surface area (Å²) in [4.78, 5) is 2.22. The molecule has 0 nitrogen and oxygen atoms in total. The Morgan fingerprint density at radius 1 is 1.75 bits per heavy atom. The Hall–Kier alpha value is 3.10. The van der Waals surface area contributed by atoms with E-state index in [4.69, 9.17) is 0 Å². The Labute approximate surface area is 89.3 Å². The quantitative estimate of drug-likeness (QED) is 0.239. The van der Waals surface area contributed by atoms with E-state index in [9.17, 15) is 0 Å². The molecule has 3 heteroatoms. The fourth-order valence-corrected chi connectivity index (χ4v) is 0. The van der Waals surface area contributed by atoms with Crippen LogP contribution < -0.4 is 68.6 Å². The van der Waals surface area contributed by atoms with Crippen LogP contribution in [-0.2, 0) is 0 Å². The van der Waals surface area contributed by atoms with Crippen LogP contribution in [0.15, 0.2) is 0 Å². The molecular weight excluding hydrogens is 305 g/mol. The molecular formula is CH3I2K. The number of alkyl halides is 1. The predicted octanol–water partition coefficient (Wildman–Crippen LogP) is -4.94. The molecule has 0 unspecified atom stereocenters. The first kappa shape index (κ1) is 10.2. The fraction of sp³-hybridized carbons (Fsp3) is 1.00. The molecule has 0 spiro atoms. The molecule has 22 valence electrons. The van der Waals surface area contributed by atoms with Gasteiger partial charge in [0.1, 0.15) is 0 Å². The molecule has 0 aromatic rings. The van der Waals surface area contributed by atoms with Gasteiger partial charge in [-0.05, 0) is 0 Å². The first-order valence-corrected chi connectivity index (χ1v) is 8.96. The Balaban J connectivity index is 0. The SMILES string of the molecule is C[I-]I.[K+]. The number of hydrogen-bond donors (Lipinski definition) is 0. The average Bonchev–Trinajstić information content (AvgIpc) is 0.918. The van der Waals surface area contributed by atoms with Gasteiger partial charge in [-0.25, -0.2) is 0 Å². The molecule has 0 aromatic heterocycles. The molecule has 0 bridgehead atoms. The summed E-state index contributed by atoms with van der Waals surface area (Å²) in [6.45, 7) is 0. The van der Waals surface area contributed by atoms with Gasteiger partial charge >= 0.3 is 92.2 Å². The average molecular weight is 308 g/mol. The molecule has 0 fully saturated rings. The smallest absolute Gasteiger partial charge is 1.00 e. The van der Waals surface area contributed by atoms with Gasteiger partial charge in [-0.2, -0.15) is 0 Å². The van der Waals surface area contributed by atoms with Gasteiger partial charge in [0.05, 0.1) is 0 Å². The van der Waals surface area contributed by atoms with Gasteiger partial charge in [0.15, 0.2) is 0 Å². The van der Waals surface area contributed by atoms with Gasteiger partial charge in [0.25, 0.3) is 0 Å². The van der Waals surface area contributed by atoms with E-state index in [1.165, 1.54) is 0 Å². The number of rotatable bonds is 0. The summed E-state index contributed by atoms with van der Waals surface area (Å²) in [7, 11) is 0. The Morgan fingerprint density at radius 2 is 1.75 bits per heavy atom. The van der Waals surface area contributed by atoms with Crippen LogP contribution in [0, 0.1) is 0 Å². The molecule has 0 amide bonds. The summed E-state index contributed by atoms with van der Waals surface area (Å²) in [6.07, 6.45) is 0. The van der Waals surface area contributed by atoms with Gasteiger partial charge in [-0.1, -0.05) is 0 Å². The van der Waals surface area contributed by atoms with Crippen molar-refractivity contribution >= 4 is 18.6 Å². The van der Waals surface area contributed by atoms with Crippen LogP contribution in [0.2, 0.25) is 0 Å². The standard InChI is InChI=1S/CH3I2.K/c1-3-2;/h1H3;/q-1;+1. The van der Waals surface area contributed by atoms with Gasteiger partial charge < -0.3 is 0 Å². The van der Waals surface area contributed by atoms with Crippen molar-refractivity contribution in [2.45, 2.75) is 0 Å². The predicted molar refractivity (Wildman–Crippen MR) is 19.9 cm³/mol. The van der Waals surface area contributed by atoms with Crippen molar-refractivity contribution in [2.24, 2.45) is 0 Å². The molecule has 0 N–H and O–H groups in total. The minimum absolute atomic E-state index is 0. The first-order chi connectivity index (χ1) is 1.41. The maximum Gasteiger partial charge on any atom is 1.00 e. The third-order valence-electron chi connectivity index (χ3n) is 0. The van der Waals surface area contributed by atoms with Gasteiger partial charge in [-0.15, -0.1) is 0 Å². The summed E-state index contributed by atoms with van der Waals surface area (Å²) >= 11 is 2.96. The van der Waals surface area contributed by atoms with E-state index in [2.05, 4.69) is 23.5 Å². The zero-order valence-corrected chi connectivity index (χ0v) is 10.2. The molecule has 0 aliphatic rings. The molecule has 0 saturated heterocycles. The van der Waals surface area contributed by atoms with E-state index in [0.717, 1.165) is 0 Å². The monoisotopic (exact) mass is 308 g/mol. The second-order valence-corrected chi connectivity index (χ2v) is 6.43. The molecule has 0 aliphatic carbocycles. The minimum Gasteiger partial charge on any atom is 1.00 e. The van der Waals surface area contributed by atoms with Crippen molar-refractivity contribution in [1.29, 1.82) is 0 Å². The summed E-state index contributed by atoms with van der Waals surface area (Å²) in [5, 5.41) is 0. The molecule has 0 heterocycles. The molecule has 4 heavy (non-hydrogen) atoms. The molecule has 0 aliphatic heterocycles. The van der Waals surface area contributed by atoms with E-state index < -0.39 is 0 Å². The van der Waals surface area contributed by atoms with Crippen LogP contribution in [0.4, 0.5) is 0 Å². The van der Waals surface area contributed by atoms with Crippen LogP contribution in [0.25, 0.3) is 0 Å². The van der Waals surface area contributed by atoms with Crippen LogP contribution >= 0.6 is 18.6 Å². The summed E-state index contributed by atoms with van der Waals surface area (Å²) in [5.41, 5.74) is 0.